The van der Waals surface area contributed by atoms with Crippen LogP contribution in [0.15, 0.2) is 29.3 Å². The maximum atomic E-state index is 12.6. The molecule has 0 saturated carbocycles. The predicted octanol–water partition coefficient (Wildman–Crippen LogP) is 4.61. The summed E-state index contributed by atoms with van der Waals surface area (Å²) < 4.78 is 0. The van der Waals surface area contributed by atoms with E-state index >= 15 is 0 Å². The first-order chi connectivity index (χ1) is 12.4. The van der Waals surface area contributed by atoms with E-state index < -0.39 is 0 Å². The van der Waals surface area contributed by atoms with E-state index in [0.29, 0.717) is 17.1 Å². The second-order valence-electron chi connectivity index (χ2n) is 5.95. The number of aromatic nitrogens is 2. The van der Waals surface area contributed by atoms with Gasteiger partial charge in [0.2, 0.25) is 5.91 Å². The molecule has 5 nitrogen and oxygen atoms in total. The molecule has 1 N–H and O–H groups in total. The van der Waals surface area contributed by atoms with Crippen LogP contribution in [-0.2, 0) is 4.79 Å². The first-order valence-corrected chi connectivity index (χ1v) is 9.81. The molecular formula is C19H18N4OS2. The maximum Gasteiger partial charge on any atom is 0.237 e. The summed E-state index contributed by atoms with van der Waals surface area (Å²) in [7, 11) is 0. The van der Waals surface area contributed by atoms with Gasteiger partial charge in [0, 0.05) is 10.3 Å². The van der Waals surface area contributed by atoms with Crippen LogP contribution in [0.1, 0.15) is 28.8 Å². The fourth-order valence-corrected chi connectivity index (χ4v) is 4.74. The average molecular weight is 383 g/mol. The molecule has 1 amide bonds. The summed E-state index contributed by atoms with van der Waals surface area (Å²) in [5.41, 5.74) is 2.14. The second kappa shape index (κ2) is 7.44. The van der Waals surface area contributed by atoms with E-state index in [0.717, 1.165) is 20.8 Å². The molecular weight excluding hydrogens is 364 g/mol. The Bertz CT molecular complexity index is 1040. The number of para-hydroxylation sites is 1. The van der Waals surface area contributed by atoms with Crippen molar-refractivity contribution < 1.29 is 4.79 Å². The zero-order valence-electron chi connectivity index (χ0n) is 15.0. The Labute approximate surface area is 160 Å². The van der Waals surface area contributed by atoms with Gasteiger partial charge < -0.3 is 5.32 Å². The first-order valence-electron chi connectivity index (χ1n) is 8.11. The number of anilines is 1. The van der Waals surface area contributed by atoms with Gasteiger partial charge in [0.1, 0.15) is 21.7 Å². The number of nitrogens with one attached hydrogen (secondary N) is 1. The maximum absolute atomic E-state index is 12.6. The van der Waals surface area contributed by atoms with Crippen molar-refractivity contribution in [3.63, 3.8) is 0 Å². The molecule has 132 valence electrons. The lowest BCUT2D eigenvalue weighted by Gasteiger charge is -2.13. The van der Waals surface area contributed by atoms with Gasteiger partial charge in [-0.05, 0) is 45.4 Å². The van der Waals surface area contributed by atoms with Crippen LogP contribution < -0.4 is 5.32 Å². The smallest absolute Gasteiger partial charge is 0.237 e. The highest BCUT2D eigenvalue weighted by atomic mass is 32.2. The van der Waals surface area contributed by atoms with Crippen molar-refractivity contribution in [3.05, 3.63) is 46.1 Å². The Hall–Kier alpha value is -2.43. The molecule has 26 heavy (non-hydrogen) atoms. The average Bonchev–Trinajstić information content (AvgIpc) is 2.89. The number of hydrogen-bond acceptors (Lipinski definition) is 6. The van der Waals surface area contributed by atoms with Crippen LogP contribution in [0.4, 0.5) is 5.69 Å². The number of thioether (sulfide) groups is 1. The van der Waals surface area contributed by atoms with Crippen molar-refractivity contribution in [3.8, 4) is 6.07 Å². The monoisotopic (exact) mass is 382 g/mol. The number of nitrogens with zero attached hydrogens (tertiary/aromatic N) is 3. The van der Waals surface area contributed by atoms with Crippen LogP contribution in [0.2, 0.25) is 0 Å². The number of nitriles is 1. The first kappa shape index (κ1) is 18.4. The van der Waals surface area contributed by atoms with E-state index in [4.69, 9.17) is 5.26 Å². The number of amides is 1. The van der Waals surface area contributed by atoms with Crippen LogP contribution in [0.25, 0.3) is 10.2 Å². The highest BCUT2D eigenvalue weighted by molar-refractivity contribution is 8.00. The van der Waals surface area contributed by atoms with Gasteiger partial charge in [0.25, 0.3) is 0 Å². The molecule has 0 saturated heterocycles. The number of thiophene rings is 1. The lowest BCUT2D eigenvalue weighted by Crippen LogP contribution is -2.23. The molecule has 0 fully saturated rings. The topological polar surface area (TPSA) is 78.7 Å². The number of fused-ring (bicyclic) bond motifs is 1. The van der Waals surface area contributed by atoms with Gasteiger partial charge in [-0.2, -0.15) is 5.26 Å². The molecule has 2 heterocycles. The summed E-state index contributed by atoms with van der Waals surface area (Å²) in [6.45, 7) is 7.83. The van der Waals surface area contributed by atoms with Gasteiger partial charge in [-0.15, -0.1) is 11.3 Å². The third-order valence-corrected chi connectivity index (χ3v) is 6.26. The molecule has 3 rings (SSSR count). The van der Waals surface area contributed by atoms with Gasteiger partial charge in [-0.3, -0.25) is 4.79 Å². The van der Waals surface area contributed by atoms with Crippen LogP contribution in [0, 0.1) is 32.1 Å². The number of carbonyl (C=O) groups excluding carboxylic acids is 1. The Morgan fingerprint density at radius 3 is 2.73 bits per heavy atom. The van der Waals surface area contributed by atoms with Crippen LogP contribution >= 0.6 is 23.1 Å². The molecule has 0 radical (unpaired) electrons. The normalized spacial score (nSPS) is 12.0. The summed E-state index contributed by atoms with van der Waals surface area (Å²) in [4.78, 5) is 23.9. The Morgan fingerprint density at radius 2 is 2.00 bits per heavy atom. The minimum absolute atomic E-state index is 0.160. The molecule has 7 heteroatoms. The molecule has 0 spiro atoms. The van der Waals surface area contributed by atoms with Crippen LogP contribution in [0.3, 0.4) is 0 Å². The quantitative estimate of drug-likeness (QED) is 0.527. The van der Waals surface area contributed by atoms with Crippen LogP contribution in [0.5, 0.6) is 0 Å². The highest BCUT2D eigenvalue weighted by Gasteiger charge is 2.20. The number of benzene rings is 1. The molecule has 1 unspecified atom stereocenters. The molecule has 1 atom stereocenters. The zero-order valence-corrected chi connectivity index (χ0v) is 16.6. The van der Waals surface area contributed by atoms with Crippen molar-refractivity contribution >= 4 is 44.9 Å². The Kier molecular flexibility index (Phi) is 5.25. The minimum atomic E-state index is -0.362. The van der Waals surface area contributed by atoms with Gasteiger partial charge in [-0.25, -0.2) is 9.97 Å². The predicted molar refractivity (Wildman–Crippen MR) is 107 cm³/mol. The molecule has 2 aromatic heterocycles. The number of aryl methyl sites for hydroxylation is 3. The van der Waals surface area contributed by atoms with Gasteiger partial charge in [0.15, 0.2) is 0 Å². The minimum Gasteiger partial charge on any atom is -0.324 e. The summed E-state index contributed by atoms with van der Waals surface area (Å²) in [5.74, 6) is 0.537. The van der Waals surface area contributed by atoms with Gasteiger partial charge in [0.05, 0.1) is 16.5 Å². The van der Waals surface area contributed by atoms with Crippen LogP contribution in [-0.4, -0.2) is 21.1 Å². The van der Waals surface area contributed by atoms with Crippen molar-refractivity contribution in [2.75, 3.05) is 5.32 Å². The van der Waals surface area contributed by atoms with E-state index in [-0.39, 0.29) is 11.2 Å². The highest BCUT2D eigenvalue weighted by Crippen LogP contribution is 2.36. The third-order valence-electron chi connectivity index (χ3n) is 4.07. The molecule has 0 aliphatic carbocycles. The molecule has 0 aliphatic heterocycles. The number of hydrogen-bond donors (Lipinski definition) is 1. The summed E-state index contributed by atoms with van der Waals surface area (Å²) in [6, 6.07) is 9.07. The second-order valence-corrected chi connectivity index (χ2v) is 8.48. The van der Waals surface area contributed by atoms with E-state index in [1.54, 1.807) is 35.6 Å². The standard InChI is InChI=1S/C19H18N4OS2/c1-10-11(2)25-18-16(10)19(22-13(4)21-18)26-12(3)17(24)23-15-8-6-5-7-14(15)9-20/h5-8,12H,1-4H3,(H,23,24). The van der Waals surface area contributed by atoms with E-state index in [9.17, 15) is 4.79 Å². The zero-order chi connectivity index (χ0) is 18.8. The summed E-state index contributed by atoms with van der Waals surface area (Å²) in [6.07, 6.45) is 0. The lowest BCUT2D eigenvalue weighted by atomic mass is 10.2. The summed E-state index contributed by atoms with van der Waals surface area (Å²) in [5, 5.41) is 13.5. The Balaban J connectivity index is 1.86. The van der Waals surface area contributed by atoms with E-state index in [1.807, 2.05) is 13.8 Å². The number of rotatable bonds is 4. The molecule has 1 aromatic carbocycles. The van der Waals surface area contributed by atoms with Crippen molar-refractivity contribution in [1.29, 1.82) is 5.26 Å². The van der Waals surface area contributed by atoms with E-state index in [1.165, 1.54) is 16.6 Å². The van der Waals surface area contributed by atoms with Crippen molar-refractivity contribution in [2.24, 2.45) is 0 Å². The largest absolute Gasteiger partial charge is 0.324 e. The van der Waals surface area contributed by atoms with Gasteiger partial charge >= 0.3 is 0 Å². The van der Waals surface area contributed by atoms with Gasteiger partial charge in [-0.1, -0.05) is 23.9 Å². The fourth-order valence-electron chi connectivity index (χ4n) is 2.54. The van der Waals surface area contributed by atoms with E-state index in [2.05, 4.69) is 35.2 Å². The summed E-state index contributed by atoms with van der Waals surface area (Å²) >= 11 is 3.07. The van der Waals surface area contributed by atoms with Crippen molar-refractivity contribution in [1.82, 2.24) is 9.97 Å². The number of carbonyl (C=O) groups is 1. The van der Waals surface area contributed by atoms with Crippen molar-refractivity contribution in [2.45, 2.75) is 38.0 Å². The fraction of sp³-hybridized carbons (Fsp3) is 0.263. The Morgan fingerprint density at radius 1 is 1.27 bits per heavy atom. The third kappa shape index (κ3) is 3.57. The lowest BCUT2D eigenvalue weighted by molar-refractivity contribution is -0.115. The molecule has 3 aromatic rings. The SMILES string of the molecule is Cc1nc(SC(C)C(=O)Nc2ccccc2C#N)c2c(C)c(C)sc2n1. The molecule has 0 aliphatic rings. The molecule has 0 bridgehead atoms.